The predicted molar refractivity (Wildman–Crippen MR) is 75.6 cm³/mol. The van der Waals surface area contributed by atoms with Crippen molar-refractivity contribution in [3.05, 3.63) is 28.8 Å². The van der Waals surface area contributed by atoms with Gasteiger partial charge in [0.05, 0.1) is 7.11 Å². The highest BCUT2D eigenvalue weighted by Crippen LogP contribution is 2.23. The molecule has 0 bridgehead atoms. The summed E-state index contributed by atoms with van der Waals surface area (Å²) in [4.78, 5) is 2.42. The van der Waals surface area contributed by atoms with Crippen LogP contribution in [0.25, 0.3) is 0 Å². The second-order valence-electron chi connectivity index (χ2n) is 4.83. The molecule has 0 amide bonds. The van der Waals surface area contributed by atoms with Crippen LogP contribution in [0.3, 0.4) is 0 Å². The predicted octanol–water partition coefficient (Wildman–Crippen LogP) is 2.18. The van der Waals surface area contributed by atoms with Crippen LogP contribution in [0.1, 0.15) is 12.0 Å². The number of methoxy groups -OCH3 is 1. The lowest BCUT2D eigenvalue weighted by molar-refractivity contribution is 0.260. The second kappa shape index (κ2) is 6.41. The van der Waals surface area contributed by atoms with Gasteiger partial charge in [-0.25, -0.2) is 0 Å². The maximum Gasteiger partial charge on any atom is 0.120 e. The first-order valence-electron chi connectivity index (χ1n) is 6.44. The quantitative estimate of drug-likeness (QED) is 0.886. The van der Waals surface area contributed by atoms with E-state index in [1.54, 1.807) is 7.11 Å². The summed E-state index contributed by atoms with van der Waals surface area (Å²) in [5, 5.41) is 4.19. The summed E-state index contributed by atoms with van der Waals surface area (Å²) >= 11 is 6.24. The molecular formula is C14H21ClN2O. The van der Waals surface area contributed by atoms with Crippen molar-refractivity contribution in [3.8, 4) is 5.75 Å². The summed E-state index contributed by atoms with van der Waals surface area (Å²) < 4.78 is 5.15. The highest BCUT2D eigenvalue weighted by atomic mass is 35.5. The average Bonchev–Trinajstić information content (AvgIpc) is 2.90. The molecule has 0 radical (unpaired) electrons. The highest BCUT2D eigenvalue weighted by molar-refractivity contribution is 6.31. The zero-order valence-electron chi connectivity index (χ0n) is 11.1. The lowest BCUT2D eigenvalue weighted by atomic mass is 10.1. The summed E-state index contributed by atoms with van der Waals surface area (Å²) in [5.41, 5.74) is 1.19. The first-order valence-corrected chi connectivity index (χ1v) is 6.82. The van der Waals surface area contributed by atoms with Gasteiger partial charge in [0, 0.05) is 24.2 Å². The molecule has 1 atom stereocenters. The van der Waals surface area contributed by atoms with Gasteiger partial charge in [-0.2, -0.15) is 0 Å². The Balaban J connectivity index is 1.89. The van der Waals surface area contributed by atoms with Gasteiger partial charge in [-0.05, 0) is 44.1 Å². The third-order valence-corrected chi connectivity index (χ3v) is 4.00. The molecule has 1 aromatic carbocycles. The number of halogens is 1. The van der Waals surface area contributed by atoms with Gasteiger partial charge in [-0.15, -0.1) is 0 Å². The van der Waals surface area contributed by atoms with Crippen LogP contribution in [0, 0.1) is 0 Å². The second-order valence-corrected chi connectivity index (χ2v) is 5.24. The van der Waals surface area contributed by atoms with Crippen molar-refractivity contribution in [2.24, 2.45) is 0 Å². The Labute approximate surface area is 114 Å². The minimum Gasteiger partial charge on any atom is -0.497 e. The molecule has 0 saturated carbocycles. The Morgan fingerprint density at radius 1 is 1.50 bits per heavy atom. The van der Waals surface area contributed by atoms with Crippen LogP contribution >= 0.6 is 11.6 Å². The molecular weight excluding hydrogens is 248 g/mol. The summed E-state index contributed by atoms with van der Waals surface area (Å²) in [6.45, 7) is 3.28. The monoisotopic (exact) mass is 268 g/mol. The SMILES string of the molecule is COc1ccc(CCN(C)C2CCNC2)c(Cl)c1. The van der Waals surface area contributed by atoms with Gasteiger partial charge in [0.1, 0.15) is 5.75 Å². The van der Waals surface area contributed by atoms with Crippen LogP contribution in [-0.4, -0.2) is 44.7 Å². The molecule has 1 unspecified atom stereocenters. The van der Waals surface area contributed by atoms with Crippen molar-refractivity contribution in [1.82, 2.24) is 10.2 Å². The standard InChI is InChI=1S/C14H21ClN2O/c1-17(12-5-7-16-10-12)8-6-11-3-4-13(18-2)9-14(11)15/h3-4,9,12,16H,5-8,10H2,1-2H3. The van der Waals surface area contributed by atoms with Gasteiger partial charge in [0.15, 0.2) is 0 Å². The van der Waals surface area contributed by atoms with E-state index < -0.39 is 0 Å². The number of ether oxygens (including phenoxy) is 1. The van der Waals surface area contributed by atoms with Crippen molar-refractivity contribution < 1.29 is 4.74 Å². The fraction of sp³-hybridized carbons (Fsp3) is 0.571. The van der Waals surface area contributed by atoms with Crippen LogP contribution in [0.15, 0.2) is 18.2 Å². The lowest BCUT2D eigenvalue weighted by Crippen LogP contribution is -2.34. The molecule has 1 aromatic rings. The number of nitrogens with one attached hydrogen (secondary N) is 1. The molecule has 1 N–H and O–H groups in total. The van der Waals surface area contributed by atoms with E-state index in [0.717, 1.165) is 36.8 Å². The van der Waals surface area contributed by atoms with Crippen LogP contribution in [0.4, 0.5) is 0 Å². The summed E-state index contributed by atoms with van der Waals surface area (Å²) in [7, 11) is 3.85. The van der Waals surface area contributed by atoms with E-state index in [9.17, 15) is 0 Å². The Hall–Kier alpha value is -0.770. The molecule has 1 aliphatic rings. The fourth-order valence-corrected chi connectivity index (χ4v) is 2.62. The van der Waals surface area contributed by atoms with Gasteiger partial charge < -0.3 is 15.0 Å². The van der Waals surface area contributed by atoms with E-state index in [2.05, 4.69) is 23.3 Å². The molecule has 3 nitrogen and oxygen atoms in total. The summed E-state index contributed by atoms with van der Waals surface area (Å²) in [5.74, 6) is 0.817. The number of likely N-dealkylation sites (N-methyl/N-ethyl adjacent to an activating group) is 1. The highest BCUT2D eigenvalue weighted by Gasteiger charge is 2.18. The van der Waals surface area contributed by atoms with Gasteiger partial charge in [0.25, 0.3) is 0 Å². The average molecular weight is 269 g/mol. The number of hydrogen-bond acceptors (Lipinski definition) is 3. The molecule has 1 aliphatic heterocycles. The van der Waals surface area contributed by atoms with Crippen LogP contribution in [0.2, 0.25) is 5.02 Å². The third kappa shape index (κ3) is 3.37. The number of hydrogen-bond donors (Lipinski definition) is 1. The Kier molecular flexibility index (Phi) is 4.87. The molecule has 0 spiro atoms. The van der Waals surface area contributed by atoms with E-state index in [-0.39, 0.29) is 0 Å². The first-order chi connectivity index (χ1) is 8.70. The Morgan fingerprint density at radius 2 is 2.33 bits per heavy atom. The van der Waals surface area contributed by atoms with E-state index in [0.29, 0.717) is 6.04 Å². The molecule has 1 heterocycles. The van der Waals surface area contributed by atoms with Crippen LogP contribution < -0.4 is 10.1 Å². The maximum absolute atomic E-state index is 6.24. The van der Waals surface area contributed by atoms with Crippen LogP contribution in [-0.2, 0) is 6.42 Å². The summed E-state index contributed by atoms with van der Waals surface area (Å²) in [6.07, 6.45) is 2.22. The van der Waals surface area contributed by atoms with E-state index >= 15 is 0 Å². The van der Waals surface area contributed by atoms with E-state index in [1.807, 2.05) is 12.1 Å². The number of nitrogens with zero attached hydrogens (tertiary/aromatic N) is 1. The van der Waals surface area contributed by atoms with E-state index in [1.165, 1.54) is 12.0 Å². The zero-order valence-corrected chi connectivity index (χ0v) is 11.8. The molecule has 0 aliphatic carbocycles. The Morgan fingerprint density at radius 3 is 2.94 bits per heavy atom. The van der Waals surface area contributed by atoms with E-state index in [4.69, 9.17) is 16.3 Å². The molecule has 1 fully saturated rings. The minimum absolute atomic E-state index is 0.669. The minimum atomic E-state index is 0.669. The molecule has 2 rings (SSSR count). The molecule has 4 heteroatoms. The summed E-state index contributed by atoms with van der Waals surface area (Å²) in [6, 6.07) is 6.58. The largest absolute Gasteiger partial charge is 0.497 e. The van der Waals surface area contributed by atoms with Crippen molar-refractivity contribution >= 4 is 11.6 Å². The number of rotatable bonds is 5. The molecule has 18 heavy (non-hydrogen) atoms. The molecule has 0 aromatic heterocycles. The van der Waals surface area contributed by atoms with Crippen LogP contribution in [0.5, 0.6) is 5.75 Å². The smallest absolute Gasteiger partial charge is 0.120 e. The number of benzene rings is 1. The zero-order chi connectivity index (χ0) is 13.0. The Bertz CT molecular complexity index is 391. The van der Waals surface area contributed by atoms with Gasteiger partial charge in [-0.1, -0.05) is 17.7 Å². The van der Waals surface area contributed by atoms with Crippen molar-refractivity contribution in [2.75, 3.05) is 33.8 Å². The van der Waals surface area contributed by atoms with Gasteiger partial charge in [-0.3, -0.25) is 0 Å². The first kappa shape index (κ1) is 13.7. The van der Waals surface area contributed by atoms with Gasteiger partial charge in [0.2, 0.25) is 0 Å². The lowest BCUT2D eigenvalue weighted by Gasteiger charge is -2.23. The maximum atomic E-state index is 6.24. The van der Waals surface area contributed by atoms with Crippen molar-refractivity contribution in [2.45, 2.75) is 18.9 Å². The topological polar surface area (TPSA) is 24.5 Å². The normalized spacial score (nSPS) is 19.4. The van der Waals surface area contributed by atoms with Crippen molar-refractivity contribution in [1.29, 1.82) is 0 Å². The molecule has 1 saturated heterocycles. The third-order valence-electron chi connectivity index (χ3n) is 3.65. The molecule has 100 valence electrons. The fourth-order valence-electron chi connectivity index (χ4n) is 2.35. The van der Waals surface area contributed by atoms with Crippen molar-refractivity contribution in [3.63, 3.8) is 0 Å². The van der Waals surface area contributed by atoms with Gasteiger partial charge >= 0.3 is 0 Å².